The zero-order valence-electron chi connectivity index (χ0n) is 13.0. The van der Waals surface area contributed by atoms with Crippen LogP contribution in [0.5, 0.6) is 0 Å². The van der Waals surface area contributed by atoms with E-state index in [2.05, 4.69) is 4.90 Å². The topological polar surface area (TPSA) is 20.3 Å². The van der Waals surface area contributed by atoms with Gasteiger partial charge in [0, 0.05) is 23.8 Å². The molecule has 114 valence electrons. The van der Waals surface area contributed by atoms with E-state index in [1.807, 2.05) is 6.07 Å². The first kappa shape index (κ1) is 14.6. The van der Waals surface area contributed by atoms with Gasteiger partial charge in [0.15, 0.2) is 5.78 Å². The van der Waals surface area contributed by atoms with Crippen molar-refractivity contribution >= 4 is 11.5 Å². The van der Waals surface area contributed by atoms with E-state index >= 15 is 0 Å². The molecule has 0 aromatic heterocycles. The second kappa shape index (κ2) is 5.78. The molecule has 21 heavy (non-hydrogen) atoms. The van der Waals surface area contributed by atoms with E-state index in [0.29, 0.717) is 17.2 Å². The molecule has 0 radical (unpaired) electrons. The molecule has 1 aliphatic heterocycles. The number of carbonyl (C=O) groups is 1. The van der Waals surface area contributed by atoms with Crippen molar-refractivity contribution in [3.05, 3.63) is 29.1 Å². The largest absolute Gasteiger partial charge is 0.368 e. The van der Waals surface area contributed by atoms with Gasteiger partial charge in [-0.1, -0.05) is 12.8 Å². The van der Waals surface area contributed by atoms with Crippen LogP contribution in [0.2, 0.25) is 0 Å². The van der Waals surface area contributed by atoms with Gasteiger partial charge in [-0.25, -0.2) is 4.39 Å². The minimum Gasteiger partial charge on any atom is -0.368 e. The van der Waals surface area contributed by atoms with Crippen LogP contribution in [0.3, 0.4) is 0 Å². The fourth-order valence-electron chi connectivity index (χ4n) is 4.11. The third-order valence-corrected chi connectivity index (χ3v) is 5.21. The Balaban J connectivity index is 1.98. The van der Waals surface area contributed by atoms with Gasteiger partial charge in [-0.05, 0) is 63.1 Å². The van der Waals surface area contributed by atoms with Gasteiger partial charge in [-0.15, -0.1) is 0 Å². The van der Waals surface area contributed by atoms with Gasteiger partial charge >= 0.3 is 0 Å². The number of carbonyl (C=O) groups excluding carboxylic acids is 1. The monoisotopic (exact) mass is 289 g/mol. The Labute approximate surface area is 126 Å². The van der Waals surface area contributed by atoms with Gasteiger partial charge in [-0.2, -0.15) is 0 Å². The first-order chi connectivity index (χ1) is 10.1. The molecule has 3 heteroatoms. The second-order valence-electron chi connectivity index (χ2n) is 6.62. The fraction of sp³-hybridized carbons (Fsp3) is 0.611. The zero-order valence-corrected chi connectivity index (χ0v) is 13.0. The summed E-state index contributed by atoms with van der Waals surface area (Å²) in [7, 11) is 0. The van der Waals surface area contributed by atoms with Crippen molar-refractivity contribution in [1.29, 1.82) is 0 Å². The van der Waals surface area contributed by atoms with Crippen molar-refractivity contribution in [2.45, 2.75) is 58.4 Å². The number of benzene rings is 1. The average molecular weight is 289 g/mol. The molecule has 1 unspecified atom stereocenters. The highest BCUT2D eigenvalue weighted by Gasteiger charge is 2.34. The predicted octanol–water partition coefficient (Wildman–Crippen LogP) is 4.50. The van der Waals surface area contributed by atoms with E-state index in [-0.39, 0.29) is 11.6 Å². The Kier molecular flexibility index (Phi) is 4.01. The summed E-state index contributed by atoms with van der Waals surface area (Å²) in [5, 5.41) is 0. The van der Waals surface area contributed by atoms with Gasteiger partial charge in [0.2, 0.25) is 0 Å². The van der Waals surface area contributed by atoms with Crippen LogP contribution in [0, 0.1) is 18.7 Å². The van der Waals surface area contributed by atoms with Gasteiger partial charge in [0.1, 0.15) is 5.82 Å². The number of hydrogen-bond acceptors (Lipinski definition) is 2. The number of nitrogens with zero attached hydrogens (tertiary/aromatic N) is 1. The van der Waals surface area contributed by atoms with Gasteiger partial charge in [0.05, 0.1) is 0 Å². The van der Waals surface area contributed by atoms with Gasteiger partial charge in [0.25, 0.3) is 0 Å². The lowest BCUT2D eigenvalue weighted by Gasteiger charge is -2.32. The number of halogens is 1. The van der Waals surface area contributed by atoms with E-state index < -0.39 is 0 Å². The fourth-order valence-corrected chi connectivity index (χ4v) is 4.11. The quantitative estimate of drug-likeness (QED) is 0.764. The maximum Gasteiger partial charge on any atom is 0.161 e. The average Bonchev–Trinajstić information content (AvgIpc) is 3.09. The molecule has 0 N–H and O–H groups in total. The van der Waals surface area contributed by atoms with Crippen molar-refractivity contribution in [3.63, 3.8) is 0 Å². The lowest BCUT2D eigenvalue weighted by molar-refractivity contribution is 0.101. The minimum atomic E-state index is -0.277. The molecule has 1 aliphatic carbocycles. The van der Waals surface area contributed by atoms with Crippen molar-refractivity contribution < 1.29 is 9.18 Å². The van der Waals surface area contributed by atoms with Crippen molar-refractivity contribution in [3.8, 4) is 0 Å². The van der Waals surface area contributed by atoms with Crippen LogP contribution in [-0.4, -0.2) is 18.4 Å². The number of Topliss-reactive ketones (excluding diaryl/α,β-unsaturated/α-hetero) is 1. The summed E-state index contributed by atoms with van der Waals surface area (Å²) in [6.07, 6.45) is 7.65. The molecule has 1 aromatic carbocycles. The first-order valence-electron chi connectivity index (χ1n) is 8.15. The van der Waals surface area contributed by atoms with E-state index in [1.54, 1.807) is 6.92 Å². The van der Waals surface area contributed by atoms with E-state index in [0.717, 1.165) is 18.2 Å². The SMILES string of the molecule is CC(=O)c1cc(F)c(C)cc1N1CCCC1C1CCCC1. The standard InChI is InChI=1S/C18H24FNO/c1-12-10-18(15(13(2)21)11-16(12)19)20-9-5-8-17(20)14-6-3-4-7-14/h10-11,14,17H,3-9H2,1-2H3. The van der Waals surface area contributed by atoms with E-state index in [4.69, 9.17) is 0 Å². The number of rotatable bonds is 3. The molecule has 1 saturated carbocycles. The summed E-state index contributed by atoms with van der Waals surface area (Å²) in [6, 6.07) is 3.84. The molecule has 1 atom stereocenters. The highest BCUT2D eigenvalue weighted by Crippen LogP contribution is 2.39. The molecule has 0 spiro atoms. The van der Waals surface area contributed by atoms with E-state index in [1.165, 1.54) is 51.5 Å². The van der Waals surface area contributed by atoms with Crippen molar-refractivity contribution in [1.82, 2.24) is 0 Å². The number of hydrogen-bond donors (Lipinski definition) is 0. The Bertz CT molecular complexity index is 548. The summed E-state index contributed by atoms with van der Waals surface area (Å²) in [5.41, 5.74) is 2.13. The molecule has 1 saturated heterocycles. The summed E-state index contributed by atoms with van der Waals surface area (Å²) < 4.78 is 13.8. The van der Waals surface area contributed by atoms with Crippen molar-refractivity contribution in [2.75, 3.05) is 11.4 Å². The van der Waals surface area contributed by atoms with Crippen molar-refractivity contribution in [2.24, 2.45) is 5.92 Å². The Hall–Kier alpha value is -1.38. The third-order valence-electron chi connectivity index (χ3n) is 5.21. The number of ketones is 1. The lowest BCUT2D eigenvalue weighted by Crippen LogP contribution is -2.35. The molecule has 2 nitrogen and oxygen atoms in total. The Morgan fingerprint density at radius 2 is 1.90 bits per heavy atom. The summed E-state index contributed by atoms with van der Waals surface area (Å²) in [6.45, 7) is 4.31. The summed E-state index contributed by atoms with van der Waals surface area (Å²) in [4.78, 5) is 14.3. The van der Waals surface area contributed by atoms with Crippen LogP contribution < -0.4 is 4.90 Å². The summed E-state index contributed by atoms with van der Waals surface area (Å²) >= 11 is 0. The highest BCUT2D eigenvalue weighted by atomic mass is 19.1. The maximum absolute atomic E-state index is 13.8. The highest BCUT2D eigenvalue weighted by molar-refractivity contribution is 6.00. The third kappa shape index (κ3) is 2.70. The lowest BCUT2D eigenvalue weighted by atomic mass is 9.94. The number of anilines is 1. The molecular formula is C18H24FNO. The Morgan fingerprint density at radius 1 is 1.19 bits per heavy atom. The van der Waals surface area contributed by atoms with E-state index in [9.17, 15) is 9.18 Å². The van der Waals surface area contributed by atoms with Crippen LogP contribution in [0.15, 0.2) is 12.1 Å². The second-order valence-corrected chi connectivity index (χ2v) is 6.62. The van der Waals surface area contributed by atoms with Crippen LogP contribution in [-0.2, 0) is 0 Å². The molecule has 3 rings (SSSR count). The normalized spacial score (nSPS) is 23.0. The predicted molar refractivity (Wildman–Crippen MR) is 83.5 cm³/mol. The minimum absolute atomic E-state index is 0.0408. The van der Waals surface area contributed by atoms with Crippen LogP contribution in [0.4, 0.5) is 10.1 Å². The molecule has 2 fully saturated rings. The molecule has 0 bridgehead atoms. The maximum atomic E-state index is 13.8. The summed E-state index contributed by atoms with van der Waals surface area (Å²) in [5.74, 6) is 0.430. The van der Waals surface area contributed by atoms with Gasteiger partial charge in [-0.3, -0.25) is 4.79 Å². The molecular weight excluding hydrogens is 265 g/mol. The Morgan fingerprint density at radius 3 is 2.57 bits per heavy atom. The molecule has 0 amide bonds. The molecule has 1 aromatic rings. The van der Waals surface area contributed by atoms with Crippen LogP contribution in [0.25, 0.3) is 0 Å². The number of aryl methyl sites for hydroxylation is 1. The first-order valence-corrected chi connectivity index (χ1v) is 8.15. The molecule has 1 heterocycles. The molecule has 2 aliphatic rings. The zero-order chi connectivity index (χ0) is 15.0. The van der Waals surface area contributed by atoms with Crippen LogP contribution >= 0.6 is 0 Å². The van der Waals surface area contributed by atoms with Crippen LogP contribution in [0.1, 0.15) is 61.4 Å². The van der Waals surface area contributed by atoms with Gasteiger partial charge < -0.3 is 4.90 Å². The smallest absolute Gasteiger partial charge is 0.161 e.